The number of aliphatic hydroxyl groups excluding tert-OH is 1. The van der Waals surface area contributed by atoms with Crippen LogP contribution in [-0.2, 0) is 16.1 Å². The molecule has 1 fully saturated rings. The van der Waals surface area contributed by atoms with Crippen molar-refractivity contribution >= 4 is 11.8 Å². The van der Waals surface area contributed by atoms with E-state index in [4.69, 9.17) is 5.11 Å². The van der Waals surface area contributed by atoms with Gasteiger partial charge >= 0.3 is 0 Å². The molecule has 4 nitrogen and oxygen atoms in total. The Kier molecular flexibility index (Phi) is 4.44. The third kappa shape index (κ3) is 3.50. The van der Waals surface area contributed by atoms with Gasteiger partial charge < -0.3 is 5.11 Å². The molecule has 4 heteroatoms. The molecule has 0 saturated carbocycles. The smallest absolute Gasteiger partial charge is 0.235 e. The van der Waals surface area contributed by atoms with E-state index in [1.54, 1.807) is 13.8 Å². The monoisotopic (exact) mass is 285 g/mol. The summed E-state index contributed by atoms with van der Waals surface area (Å²) in [6.07, 6.45) is 0.698. The van der Waals surface area contributed by atoms with E-state index < -0.39 is 5.41 Å². The highest BCUT2D eigenvalue weighted by Gasteiger charge is 2.44. The molecular weight excluding hydrogens is 266 g/mol. The Labute approximate surface area is 124 Å². The van der Waals surface area contributed by atoms with Crippen molar-refractivity contribution in [2.45, 2.75) is 33.2 Å². The van der Waals surface area contributed by atoms with Crippen molar-refractivity contribution in [1.29, 1.82) is 0 Å². The third-order valence-corrected chi connectivity index (χ3v) is 3.46. The van der Waals surface area contributed by atoms with Crippen LogP contribution < -0.4 is 0 Å². The predicted molar refractivity (Wildman–Crippen MR) is 79.0 cm³/mol. The van der Waals surface area contributed by atoms with E-state index in [0.717, 1.165) is 11.1 Å². The average Bonchev–Trinajstić information content (AvgIpc) is 2.62. The number of amides is 2. The summed E-state index contributed by atoms with van der Waals surface area (Å²) in [5.74, 6) is 5.56. The number of carbonyl (C=O) groups excluding carboxylic acids is 2. The topological polar surface area (TPSA) is 57.6 Å². The lowest BCUT2D eigenvalue weighted by Crippen LogP contribution is -2.32. The largest absolute Gasteiger partial charge is 0.395 e. The van der Waals surface area contributed by atoms with Gasteiger partial charge in [0.2, 0.25) is 11.8 Å². The van der Waals surface area contributed by atoms with Crippen LogP contribution in [0.15, 0.2) is 24.3 Å². The summed E-state index contributed by atoms with van der Waals surface area (Å²) in [7, 11) is 0. The Bertz CT molecular complexity index is 622. The van der Waals surface area contributed by atoms with Crippen molar-refractivity contribution in [3.05, 3.63) is 35.4 Å². The summed E-state index contributed by atoms with van der Waals surface area (Å²) < 4.78 is 0. The summed E-state index contributed by atoms with van der Waals surface area (Å²) in [4.78, 5) is 25.5. The zero-order valence-corrected chi connectivity index (χ0v) is 12.3. The van der Waals surface area contributed by atoms with Gasteiger partial charge in [0.05, 0.1) is 18.6 Å². The molecular formula is C17H19NO3. The Morgan fingerprint density at radius 2 is 2.10 bits per heavy atom. The van der Waals surface area contributed by atoms with Gasteiger partial charge in [0.15, 0.2) is 0 Å². The maximum Gasteiger partial charge on any atom is 0.235 e. The first-order valence-corrected chi connectivity index (χ1v) is 6.97. The fourth-order valence-electron chi connectivity index (χ4n) is 2.34. The van der Waals surface area contributed by atoms with E-state index in [1.807, 2.05) is 24.3 Å². The second-order valence-corrected chi connectivity index (χ2v) is 5.82. The number of aliphatic hydroxyl groups is 1. The molecule has 1 saturated heterocycles. The molecule has 0 spiro atoms. The lowest BCUT2D eigenvalue weighted by Gasteiger charge is -2.17. The molecule has 1 N–H and O–H groups in total. The molecule has 1 aliphatic heterocycles. The van der Waals surface area contributed by atoms with Crippen LogP contribution in [0.4, 0.5) is 0 Å². The fourth-order valence-corrected chi connectivity index (χ4v) is 2.34. The maximum absolute atomic E-state index is 12.2. The van der Waals surface area contributed by atoms with Gasteiger partial charge in [0, 0.05) is 18.4 Å². The molecule has 1 heterocycles. The van der Waals surface area contributed by atoms with Crippen molar-refractivity contribution in [3.8, 4) is 11.8 Å². The number of hydrogen-bond acceptors (Lipinski definition) is 3. The number of benzene rings is 1. The maximum atomic E-state index is 12.2. The summed E-state index contributed by atoms with van der Waals surface area (Å²) in [5.41, 5.74) is 1.10. The summed E-state index contributed by atoms with van der Waals surface area (Å²) in [6.45, 7) is 3.92. The van der Waals surface area contributed by atoms with Gasteiger partial charge in [-0.3, -0.25) is 14.5 Å². The van der Waals surface area contributed by atoms with Crippen molar-refractivity contribution in [1.82, 2.24) is 4.90 Å². The highest BCUT2D eigenvalue weighted by molar-refractivity contribution is 6.05. The van der Waals surface area contributed by atoms with Crippen LogP contribution in [0.5, 0.6) is 0 Å². The number of imide groups is 1. The number of likely N-dealkylation sites (tertiary alicyclic amines) is 1. The Balaban J connectivity index is 2.14. The van der Waals surface area contributed by atoms with E-state index in [9.17, 15) is 9.59 Å². The van der Waals surface area contributed by atoms with Crippen molar-refractivity contribution in [2.24, 2.45) is 5.41 Å². The fraction of sp³-hybridized carbons (Fsp3) is 0.412. The first-order chi connectivity index (χ1) is 9.94. The minimum atomic E-state index is -0.602. The molecule has 0 aliphatic carbocycles. The number of nitrogens with zero attached hydrogens (tertiary/aromatic N) is 1. The normalized spacial score (nSPS) is 16.8. The van der Waals surface area contributed by atoms with E-state index in [1.165, 1.54) is 4.90 Å². The summed E-state index contributed by atoms with van der Waals surface area (Å²) in [5, 5.41) is 8.71. The molecule has 0 atom stereocenters. The van der Waals surface area contributed by atoms with E-state index in [2.05, 4.69) is 11.8 Å². The first kappa shape index (κ1) is 15.3. The Morgan fingerprint density at radius 3 is 2.71 bits per heavy atom. The van der Waals surface area contributed by atoms with Crippen molar-refractivity contribution < 1.29 is 14.7 Å². The van der Waals surface area contributed by atoms with E-state index in [-0.39, 0.29) is 31.4 Å². The third-order valence-electron chi connectivity index (χ3n) is 3.46. The molecule has 0 unspecified atom stereocenters. The minimum Gasteiger partial charge on any atom is -0.395 e. The quantitative estimate of drug-likeness (QED) is 0.679. The van der Waals surface area contributed by atoms with Gasteiger partial charge in [-0.15, -0.1) is 0 Å². The van der Waals surface area contributed by atoms with Crippen molar-refractivity contribution in [2.75, 3.05) is 6.61 Å². The number of rotatable bonds is 3. The molecule has 1 aromatic rings. The van der Waals surface area contributed by atoms with Gasteiger partial charge in [-0.05, 0) is 17.7 Å². The standard InChI is InChI=1S/C17H19NO3/c1-17(2)11-15(20)18(16(17)21)12-14-8-5-7-13(10-14)6-3-4-9-19/h5,7-8,10,19H,4,9,11-12H2,1-2H3. The lowest BCUT2D eigenvalue weighted by atomic mass is 9.92. The minimum absolute atomic E-state index is 0.0402. The zero-order valence-electron chi connectivity index (χ0n) is 12.3. The SMILES string of the molecule is CC1(C)CC(=O)N(Cc2cccc(C#CCCO)c2)C1=O. The molecule has 2 rings (SSSR count). The van der Waals surface area contributed by atoms with Crippen LogP contribution in [0.25, 0.3) is 0 Å². The Hall–Kier alpha value is -2.12. The average molecular weight is 285 g/mol. The van der Waals surface area contributed by atoms with E-state index in [0.29, 0.717) is 6.42 Å². The molecule has 1 aliphatic rings. The van der Waals surface area contributed by atoms with Crippen LogP contribution in [0.2, 0.25) is 0 Å². The van der Waals surface area contributed by atoms with Gasteiger partial charge in [-0.1, -0.05) is 37.8 Å². The lowest BCUT2D eigenvalue weighted by molar-refractivity contribution is -0.141. The van der Waals surface area contributed by atoms with Gasteiger partial charge in [0.1, 0.15) is 0 Å². The highest BCUT2D eigenvalue weighted by atomic mass is 16.2. The van der Waals surface area contributed by atoms with Crippen LogP contribution >= 0.6 is 0 Å². The molecule has 0 bridgehead atoms. The van der Waals surface area contributed by atoms with Gasteiger partial charge in [-0.25, -0.2) is 0 Å². The Morgan fingerprint density at radius 1 is 1.33 bits per heavy atom. The van der Waals surface area contributed by atoms with Gasteiger partial charge in [-0.2, -0.15) is 0 Å². The van der Waals surface area contributed by atoms with E-state index >= 15 is 0 Å². The van der Waals surface area contributed by atoms with Crippen LogP contribution in [-0.4, -0.2) is 28.4 Å². The van der Waals surface area contributed by atoms with Crippen LogP contribution in [0.1, 0.15) is 37.8 Å². The molecule has 2 amide bonds. The molecule has 0 aromatic heterocycles. The second kappa shape index (κ2) is 6.11. The highest BCUT2D eigenvalue weighted by Crippen LogP contribution is 2.32. The second-order valence-electron chi connectivity index (χ2n) is 5.82. The molecule has 110 valence electrons. The predicted octanol–water partition coefficient (Wildman–Crippen LogP) is 1.71. The molecule has 1 aromatic carbocycles. The molecule has 21 heavy (non-hydrogen) atoms. The zero-order chi connectivity index (χ0) is 15.5. The van der Waals surface area contributed by atoms with Crippen LogP contribution in [0.3, 0.4) is 0 Å². The van der Waals surface area contributed by atoms with Crippen LogP contribution in [0, 0.1) is 17.3 Å². The number of carbonyl (C=O) groups is 2. The first-order valence-electron chi connectivity index (χ1n) is 6.97. The number of hydrogen-bond donors (Lipinski definition) is 1. The molecule has 0 radical (unpaired) electrons. The van der Waals surface area contributed by atoms with Crippen molar-refractivity contribution in [3.63, 3.8) is 0 Å². The van der Waals surface area contributed by atoms with Gasteiger partial charge in [0.25, 0.3) is 0 Å². The summed E-state index contributed by atoms with van der Waals surface area (Å²) >= 11 is 0. The summed E-state index contributed by atoms with van der Waals surface area (Å²) in [6, 6.07) is 7.47.